The highest BCUT2D eigenvalue weighted by Gasteiger charge is 2.26. The van der Waals surface area contributed by atoms with Crippen LogP contribution in [0.2, 0.25) is 5.02 Å². The summed E-state index contributed by atoms with van der Waals surface area (Å²) in [7, 11) is -2.94. The van der Waals surface area contributed by atoms with E-state index in [-0.39, 0.29) is 20.6 Å². The van der Waals surface area contributed by atoms with Gasteiger partial charge in [-0.15, -0.1) is 11.3 Å². The van der Waals surface area contributed by atoms with E-state index < -0.39 is 21.8 Å². The zero-order chi connectivity index (χ0) is 15.6. The molecule has 0 spiro atoms. The maximum absolute atomic E-state index is 13.0. The lowest BCUT2D eigenvalue weighted by Crippen LogP contribution is -2.16. The summed E-state index contributed by atoms with van der Waals surface area (Å²) in [5.74, 6) is -1.54. The predicted octanol–water partition coefficient (Wildman–Crippen LogP) is 2.52. The number of halogens is 2. The fraction of sp³-hybridized carbons (Fsp3) is 0.0909. The number of sulfonamides is 1. The quantitative estimate of drug-likeness (QED) is 0.856. The molecule has 0 bridgehead atoms. The van der Waals surface area contributed by atoms with E-state index in [1.54, 1.807) is 0 Å². The fourth-order valence-corrected chi connectivity index (χ4v) is 3.78. The summed E-state index contributed by atoms with van der Waals surface area (Å²) in [6.07, 6.45) is 0. The van der Waals surface area contributed by atoms with Gasteiger partial charge in [0.2, 0.25) is 0 Å². The Labute approximate surface area is 128 Å². The maximum Gasteiger partial charge on any atom is 0.358 e. The number of methoxy groups -OCH3 is 1. The van der Waals surface area contributed by atoms with Crippen molar-refractivity contribution < 1.29 is 22.3 Å². The van der Waals surface area contributed by atoms with Crippen molar-refractivity contribution in [3.8, 4) is 0 Å². The molecule has 112 valence electrons. The number of hydrogen-bond acceptors (Lipinski definition) is 6. The molecular formula is C11H8ClFN2O4S2. The highest BCUT2D eigenvalue weighted by Crippen LogP contribution is 2.25. The monoisotopic (exact) mass is 350 g/mol. The molecule has 0 atom stereocenters. The van der Waals surface area contributed by atoms with Crippen LogP contribution in [0.15, 0.2) is 27.9 Å². The number of nitrogens with zero attached hydrogens (tertiary/aromatic N) is 1. The molecule has 21 heavy (non-hydrogen) atoms. The zero-order valence-electron chi connectivity index (χ0n) is 10.5. The van der Waals surface area contributed by atoms with Crippen LogP contribution in [0.5, 0.6) is 0 Å². The van der Waals surface area contributed by atoms with Gasteiger partial charge in [-0.2, -0.15) is 0 Å². The Bertz CT molecular complexity index is 791. The largest absolute Gasteiger partial charge is 0.464 e. The van der Waals surface area contributed by atoms with Gasteiger partial charge in [0, 0.05) is 0 Å². The van der Waals surface area contributed by atoms with E-state index >= 15 is 0 Å². The van der Waals surface area contributed by atoms with Crippen LogP contribution in [0.3, 0.4) is 0 Å². The highest BCUT2D eigenvalue weighted by atomic mass is 35.5. The van der Waals surface area contributed by atoms with E-state index in [0.29, 0.717) is 0 Å². The first-order valence-corrected chi connectivity index (χ1v) is 8.09. The van der Waals surface area contributed by atoms with Crippen LogP contribution >= 0.6 is 22.9 Å². The van der Waals surface area contributed by atoms with Crippen LogP contribution < -0.4 is 4.72 Å². The van der Waals surface area contributed by atoms with Gasteiger partial charge in [0.15, 0.2) is 9.90 Å². The normalized spacial score (nSPS) is 11.2. The zero-order valence-corrected chi connectivity index (χ0v) is 12.9. The third-order valence-electron chi connectivity index (χ3n) is 2.33. The van der Waals surface area contributed by atoms with E-state index in [1.165, 1.54) is 11.6 Å². The van der Waals surface area contributed by atoms with Crippen molar-refractivity contribution in [2.75, 3.05) is 11.8 Å². The number of carbonyl (C=O) groups is 1. The van der Waals surface area contributed by atoms with Gasteiger partial charge in [0.1, 0.15) is 5.82 Å². The Hall–Kier alpha value is -1.71. The molecule has 2 aromatic rings. The van der Waals surface area contributed by atoms with Crippen LogP contribution in [-0.2, 0) is 14.8 Å². The van der Waals surface area contributed by atoms with E-state index in [1.807, 2.05) is 0 Å². The first-order chi connectivity index (χ1) is 9.85. The molecule has 0 radical (unpaired) electrons. The van der Waals surface area contributed by atoms with Gasteiger partial charge >= 0.3 is 5.97 Å². The molecule has 6 nitrogen and oxygen atoms in total. The molecule has 0 aliphatic rings. The smallest absolute Gasteiger partial charge is 0.358 e. The minimum atomic E-state index is -4.06. The molecule has 0 unspecified atom stereocenters. The van der Waals surface area contributed by atoms with E-state index in [0.717, 1.165) is 30.6 Å². The molecule has 1 aromatic heterocycles. The minimum absolute atomic E-state index is 0.0608. The lowest BCUT2D eigenvalue weighted by Gasteiger charge is -2.07. The van der Waals surface area contributed by atoms with Crippen LogP contribution in [0.25, 0.3) is 0 Å². The molecule has 2 rings (SSSR count). The summed E-state index contributed by atoms with van der Waals surface area (Å²) < 4.78 is 43.8. The Balaban J connectivity index is 2.37. The Morgan fingerprint density at radius 2 is 2.19 bits per heavy atom. The molecule has 0 aliphatic heterocycles. The number of hydrogen-bond donors (Lipinski definition) is 1. The second-order valence-electron chi connectivity index (χ2n) is 3.71. The number of ether oxygens (including phenoxy) is 1. The molecule has 0 aliphatic carbocycles. The lowest BCUT2D eigenvalue weighted by atomic mass is 10.3. The maximum atomic E-state index is 13.0. The van der Waals surface area contributed by atoms with Crippen molar-refractivity contribution >= 4 is 44.6 Å². The number of nitrogens with one attached hydrogen (secondary N) is 1. The van der Waals surface area contributed by atoms with Crippen molar-refractivity contribution in [3.63, 3.8) is 0 Å². The molecule has 0 amide bonds. The van der Waals surface area contributed by atoms with Gasteiger partial charge in [-0.05, 0) is 18.2 Å². The van der Waals surface area contributed by atoms with Crippen LogP contribution in [0, 0.1) is 5.82 Å². The van der Waals surface area contributed by atoms with Crippen molar-refractivity contribution in [2.45, 2.75) is 4.21 Å². The van der Waals surface area contributed by atoms with E-state index in [9.17, 15) is 17.6 Å². The van der Waals surface area contributed by atoms with E-state index in [4.69, 9.17) is 11.6 Å². The third-order valence-corrected chi connectivity index (χ3v) is 5.37. The molecule has 1 heterocycles. The molecule has 1 aromatic carbocycles. The van der Waals surface area contributed by atoms with Gasteiger partial charge < -0.3 is 4.74 Å². The summed E-state index contributed by atoms with van der Waals surface area (Å²) in [5.41, 5.74) is 0.951. The third kappa shape index (κ3) is 3.31. The minimum Gasteiger partial charge on any atom is -0.464 e. The second-order valence-corrected chi connectivity index (χ2v) is 6.85. The van der Waals surface area contributed by atoms with Crippen molar-refractivity contribution in [1.82, 2.24) is 4.98 Å². The molecule has 0 saturated carbocycles. The average Bonchev–Trinajstić information content (AvgIpc) is 2.92. The van der Waals surface area contributed by atoms with E-state index in [2.05, 4.69) is 14.4 Å². The van der Waals surface area contributed by atoms with Gasteiger partial charge in [0.25, 0.3) is 10.0 Å². The standard InChI is InChI=1S/C11H8ClFN2O4S2/c1-19-10(16)9-11(20-5-14-9)21(17,18)15-6-2-3-8(13)7(12)4-6/h2-5,15H,1H3. The second kappa shape index (κ2) is 5.96. The lowest BCUT2D eigenvalue weighted by molar-refractivity contribution is 0.0590. The number of anilines is 1. The number of aromatic nitrogens is 1. The molecule has 1 N–H and O–H groups in total. The van der Waals surface area contributed by atoms with Crippen molar-refractivity contribution in [3.05, 3.63) is 40.2 Å². The van der Waals surface area contributed by atoms with Gasteiger partial charge in [-0.25, -0.2) is 22.6 Å². The van der Waals surface area contributed by atoms with Crippen molar-refractivity contribution in [1.29, 1.82) is 0 Å². The van der Waals surface area contributed by atoms with Crippen LogP contribution in [0.4, 0.5) is 10.1 Å². The first kappa shape index (κ1) is 15.7. The number of carbonyl (C=O) groups excluding carboxylic acids is 1. The summed E-state index contributed by atoms with van der Waals surface area (Å²) in [6, 6.07) is 3.35. The summed E-state index contributed by atoms with van der Waals surface area (Å²) >= 11 is 6.34. The molecule has 10 heteroatoms. The predicted molar refractivity (Wildman–Crippen MR) is 75.7 cm³/mol. The number of benzene rings is 1. The van der Waals surface area contributed by atoms with Gasteiger partial charge in [0.05, 0.1) is 23.3 Å². The Kier molecular flexibility index (Phi) is 4.45. The molecule has 0 fully saturated rings. The van der Waals surface area contributed by atoms with Gasteiger partial charge in [-0.3, -0.25) is 4.72 Å². The number of thiazole rings is 1. The SMILES string of the molecule is COC(=O)c1ncsc1S(=O)(=O)Nc1ccc(F)c(Cl)c1. The number of esters is 1. The van der Waals surface area contributed by atoms with Crippen LogP contribution in [-0.4, -0.2) is 26.5 Å². The highest BCUT2D eigenvalue weighted by molar-refractivity contribution is 7.94. The van der Waals surface area contributed by atoms with Crippen LogP contribution in [0.1, 0.15) is 10.5 Å². The number of rotatable bonds is 4. The summed E-state index contributed by atoms with van der Waals surface area (Å²) in [5, 5.41) is -0.229. The first-order valence-electron chi connectivity index (χ1n) is 5.35. The molecule has 0 saturated heterocycles. The van der Waals surface area contributed by atoms with Gasteiger partial charge in [-0.1, -0.05) is 11.6 Å². The fourth-order valence-electron chi connectivity index (χ4n) is 1.42. The summed E-state index contributed by atoms with van der Waals surface area (Å²) in [6.45, 7) is 0. The summed E-state index contributed by atoms with van der Waals surface area (Å²) in [4.78, 5) is 15.1. The Morgan fingerprint density at radius 3 is 2.81 bits per heavy atom. The molecular weight excluding hydrogens is 343 g/mol. The topological polar surface area (TPSA) is 85.4 Å². The average molecular weight is 351 g/mol. The Morgan fingerprint density at radius 1 is 1.48 bits per heavy atom. The van der Waals surface area contributed by atoms with Crippen molar-refractivity contribution in [2.24, 2.45) is 0 Å².